The molecule has 0 fully saturated rings. The number of benzene rings is 2. The van der Waals surface area contributed by atoms with Gasteiger partial charge in [0.25, 0.3) is 0 Å². The van der Waals surface area contributed by atoms with Crippen LogP contribution in [0.15, 0.2) is 48.5 Å². The molecule has 2 aromatic rings. The molecule has 0 aliphatic heterocycles. The van der Waals surface area contributed by atoms with Crippen LogP contribution in [0.5, 0.6) is 11.5 Å². The van der Waals surface area contributed by atoms with E-state index in [1.807, 2.05) is 0 Å². The van der Waals surface area contributed by atoms with Gasteiger partial charge in [0.15, 0.2) is 0 Å². The summed E-state index contributed by atoms with van der Waals surface area (Å²) in [5.41, 5.74) is 1.65. The van der Waals surface area contributed by atoms with E-state index in [4.69, 9.17) is 15.3 Å². The number of methoxy groups -OCH3 is 1. The fourth-order valence-corrected chi connectivity index (χ4v) is 1.45. The summed E-state index contributed by atoms with van der Waals surface area (Å²) in [6, 6.07) is 12.9. The van der Waals surface area contributed by atoms with Crippen LogP contribution in [0.3, 0.4) is 0 Å². The van der Waals surface area contributed by atoms with Gasteiger partial charge in [0.1, 0.15) is 11.5 Å². The molecule has 0 radical (unpaired) electrons. The number of aliphatic hydroxyl groups excluding tert-OH is 1. The van der Waals surface area contributed by atoms with E-state index in [0.29, 0.717) is 0 Å². The van der Waals surface area contributed by atoms with E-state index < -0.39 is 0 Å². The molecule has 2 aromatic carbocycles. The number of ether oxygens (including phenoxy) is 1. The lowest BCUT2D eigenvalue weighted by Crippen LogP contribution is -2.03. The maximum absolute atomic E-state index is 10.8. The fourth-order valence-electron chi connectivity index (χ4n) is 1.45. The van der Waals surface area contributed by atoms with Crippen molar-refractivity contribution in [3.8, 4) is 11.5 Å². The van der Waals surface area contributed by atoms with Crippen molar-refractivity contribution in [1.29, 1.82) is 0 Å². The highest BCUT2D eigenvalue weighted by Crippen LogP contribution is 2.10. The Hall–Kier alpha value is -2.53. The Labute approximate surface area is 123 Å². The normalized spacial score (nSPS) is 9.43. The van der Waals surface area contributed by atoms with Gasteiger partial charge in [0.2, 0.25) is 0 Å². The van der Waals surface area contributed by atoms with Crippen molar-refractivity contribution >= 4 is 5.97 Å². The molecule has 0 spiro atoms. The number of phenols is 2. The topological polar surface area (TPSA) is 87.0 Å². The minimum absolute atomic E-state index is 0.0281. The van der Waals surface area contributed by atoms with Crippen molar-refractivity contribution in [1.82, 2.24) is 0 Å². The Morgan fingerprint density at radius 1 is 0.905 bits per heavy atom. The highest BCUT2D eigenvalue weighted by atomic mass is 16.5. The predicted molar refractivity (Wildman–Crippen MR) is 77.9 cm³/mol. The molecule has 5 heteroatoms. The molecule has 0 aromatic heterocycles. The Morgan fingerprint density at radius 2 is 1.33 bits per heavy atom. The number of aliphatic hydroxyl groups is 1. The number of carbonyl (C=O) groups is 1. The highest BCUT2D eigenvalue weighted by Gasteiger charge is 2.01. The molecule has 0 aliphatic carbocycles. The number of phenolic OH excluding ortho intramolecular Hbond substituents is 2. The van der Waals surface area contributed by atoms with E-state index in [0.717, 1.165) is 11.1 Å². The number of hydrogen-bond donors (Lipinski definition) is 3. The van der Waals surface area contributed by atoms with Crippen LogP contribution in [0, 0.1) is 0 Å². The first-order chi connectivity index (χ1) is 10.0. The van der Waals surface area contributed by atoms with Gasteiger partial charge in [-0.2, -0.15) is 0 Å². The maximum Gasteiger partial charge on any atom is 0.309 e. The second kappa shape index (κ2) is 8.60. The smallest absolute Gasteiger partial charge is 0.309 e. The maximum atomic E-state index is 10.8. The Balaban J connectivity index is 0.000000219. The lowest BCUT2D eigenvalue weighted by atomic mass is 10.1. The van der Waals surface area contributed by atoms with Gasteiger partial charge in [0, 0.05) is 0 Å². The van der Waals surface area contributed by atoms with E-state index in [2.05, 4.69) is 4.74 Å². The molecule has 0 bridgehead atoms. The number of aromatic hydroxyl groups is 2. The first-order valence-electron chi connectivity index (χ1n) is 6.28. The monoisotopic (exact) mass is 290 g/mol. The van der Waals surface area contributed by atoms with Crippen LogP contribution < -0.4 is 0 Å². The van der Waals surface area contributed by atoms with E-state index in [-0.39, 0.29) is 30.5 Å². The van der Waals surface area contributed by atoms with Crippen LogP contribution in [-0.2, 0) is 22.6 Å². The first-order valence-corrected chi connectivity index (χ1v) is 6.28. The molecule has 3 N–H and O–H groups in total. The van der Waals surface area contributed by atoms with Crippen LogP contribution >= 0.6 is 0 Å². The van der Waals surface area contributed by atoms with Crippen molar-refractivity contribution in [3.05, 3.63) is 59.7 Å². The minimum atomic E-state index is -0.277. The summed E-state index contributed by atoms with van der Waals surface area (Å²) in [4.78, 5) is 10.8. The van der Waals surface area contributed by atoms with Crippen LogP contribution in [0.4, 0.5) is 0 Å². The summed E-state index contributed by atoms with van der Waals surface area (Å²) >= 11 is 0. The van der Waals surface area contributed by atoms with Crippen LogP contribution in [-0.4, -0.2) is 28.4 Å². The molecule has 21 heavy (non-hydrogen) atoms. The van der Waals surface area contributed by atoms with Crippen molar-refractivity contribution < 1.29 is 24.9 Å². The largest absolute Gasteiger partial charge is 0.508 e. The molecule has 2 rings (SSSR count). The van der Waals surface area contributed by atoms with Gasteiger partial charge in [0.05, 0.1) is 20.1 Å². The van der Waals surface area contributed by atoms with E-state index in [9.17, 15) is 4.79 Å². The molecule has 0 atom stereocenters. The summed E-state index contributed by atoms with van der Waals surface area (Å²) in [7, 11) is 1.35. The molecule has 112 valence electrons. The summed E-state index contributed by atoms with van der Waals surface area (Å²) in [6.07, 6.45) is 0.247. The van der Waals surface area contributed by atoms with Crippen molar-refractivity contribution in [2.45, 2.75) is 13.0 Å². The number of esters is 1. The SMILES string of the molecule is COC(=O)Cc1ccc(O)cc1.OCc1ccc(O)cc1. The van der Waals surface area contributed by atoms with Gasteiger partial charge in [-0.25, -0.2) is 0 Å². The quantitative estimate of drug-likeness (QED) is 0.753. The molecular formula is C16H18O5. The van der Waals surface area contributed by atoms with Gasteiger partial charge in [-0.15, -0.1) is 0 Å². The number of carbonyl (C=O) groups excluding carboxylic acids is 1. The molecule has 0 heterocycles. The molecule has 0 unspecified atom stereocenters. The fraction of sp³-hybridized carbons (Fsp3) is 0.188. The summed E-state index contributed by atoms with van der Waals surface area (Å²) in [5, 5.41) is 26.2. The van der Waals surface area contributed by atoms with E-state index >= 15 is 0 Å². The molecule has 0 aliphatic rings. The first kappa shape index (κ1) is 16.5. The van der Waals surface area contributed by atoms with Gasteiger partial charge < -0.3 is 20.1 Å². The molecular weight excluding hydrogens is 272 g/mol. The number of rotatable bonds is 3. The average Bonchev–Trinajstić information content (AvgIpc) is 2.51. The third-order valence-corrected chi connectivity index (χ3v) is 2.63. The van der Waals surface area contributed by atoms with Gasteiger partial charge in [-0.1, -0.05) is 24.3 Å². The van der Waals surface area contributed by atoms with Crippen molar-refractivity contribution in [2.24, 2.45) is 0 Å². The minimum Gasteiger partial charge on any atom is -0.508 e. The highest BCUT2D eigenvalue weighted by molar-refractivity contribution is 5.72. The van der Waals surface area contributed by atoms with Gasteiger partial charge >= 0.3 is 5.97 Å². The van der Waals surface area contributed by atoms with Crippen LogP contribution in [0.2, 0.25) is 0 Å². The zero-order valence-electron chi connectivity index (χ0n) is 11.7. The third kappa shape index (κ3) is 6.44. The standard InChI is InChI=1S/C9H10O3.C7H8O2/c1-12-9(11)6-7-2-4-8(10)5-3-7;8-5-6-1-3-7(9)4-2-6/h2-5,10H,6H2,1H3;1-4,8-9H,5H2. The predicted octanol–water partition coefficient (Wildman–Crippen LogP) is 1.99. The van der Waals surface area contributed by atoms with Gasteiger partial charge in [-0.05, 0) is 35.4 Å². The molecule has 5 nitrogen and oxygen atoms in total. The Bertz CT molecular complexity index is 546. The summed E-state index contributed by atoms with van der Waals surface area (Å²) < 4.78 is 4.48. The molecule has 0 saturated carbocycles. The van der Waals surface area contributed by atoms with Gasteiger partial charge in [-0.3, -0.25) is 4.79 Å². The molecule has 0 amide bonds. The zero-order valence-corrected chi connectivity index (χ0v) is 11.7. The van der Waals surface area contributed by atoms with Crippen LogP contribution in [0.1, 0.15) is 11.1 Å². The number of hydrogen-bond acceptors (Lipinski definition) is 5. The Morgan fingerprint density at radius 3 is 1.71 bits per heavy atom. The van der Waals surface area contributed by atoms with E-state index in [1.54, 1.807) is 36.4 Å². The summed E-state index contributed by atoms with van der Waals surface area (Å²) in [5.74, 6) is 0.150. The third-order valence-electron chi connectivity index (χ3n) is 2.63. The van der Waals surface area contributed by atoms with E-state index in [1.165, 1.54) is 19.2 Å². The molecule has 0 saturated heterocycles. The zero-order chi connectivity index (χ0) is 15.7. The van der Waals surface area contributed by atoms with Crippen LogP contribution in [0.25, 0.3) is 0 Å². The van der Waals surface area contributed by atoms with Crippen molar-refractivity contribution in [2.75, 3.05) is 7.11 Å². The second-order valence-corrected chi connectivity index (χ2v) is 4.24. The lowest BCUT2D eigenvalue weighted by Gasteiger charge is -1.99. The average molecular weight is 290 g/mol. The lowest BCUT2D eigenvalue weighted by molar-refractivity contribution is -0.139. The Kier molecular flexibility index (Phi) is 6.77. The second-order valence-electron chi connectivity index (χ2n) is 4.24. The van der Waals surface area contributed by atoms with Crippen molar-refractivity contribution in [3.63, 3.8) is 0 Å². The summed E-state index contributed by atoms with van der Waals surface area (Å²) in [6.45, 7) is 0.0281.